The maximum absolute atomic E-state index is 10.5. The van der Waals surface area contributed by atoms with Crippen molar-refractivity contribution in [1.29, 1.82) is 0 Å². The third-order valence-corrected chi connectivity index (χ3v) is 3.55. The summed E-state index contributed by atoms with van der Waals surface area (Å²) in [5.74, 6) is -1.62. The van der Waals surface area contributed by atoms with Gasteiger partial charge in [0.2, 0.25) is 0 Å². The summed E-state index contributed by atoms with van der Waals surface area (Å²) in [6, 6.07) is 7.87. The molecule has 6 nitrogen and oxygen atoms in total. The molecule has 0 radical (unpaired) electrons. The van der Waals surface area contributed by atoms with E-state index < -0.39 is 18.0 Å². The van der Waals surface area contributed by atoms with Gasteiger partial charge in [0.05, 0.1) is 5.02 Å². The first-order chi connectivity index (χ1) is 11.6. The second-order valence-corrected chi connectivity index (χ2v) is 6.01. The first kappa shape index (κ1) is 21.0. The van der Waals surface area contributed by atoms with Gasteiger partial charge < -0.3 is 14.9 Å². The van der Waals surface area contributed by atoms with Gasteiger partial charge in [0.15, 0.2) is 11.8 Å². The number of carboxylic acid groups (broad SMARTS) is 2. The minimum atomic E-state index is -1.18. The maximum Gasteiger partial charge on any atom is 0.356 e. The molecule has 2 N–H and O–H groups in total. The molecule has 25 heavy (non-hydrogen) atoms. The van der Waals surface area contributed by atoms with Crippen molar-refractivity contribution >= 4 is 46.7 Å². The molecule has 0 aliphatic carbocycles. The van der Waals surface area contributed by atoms with Gasteiger partial charge in [-0.15, -0.1) is 0 Å². The van der Waals surface area contributed by atoms with Crippen LogP contribution in [-0.4, -0.2) is 33.2 Å². The molecule has 134 valence electrons. The lowest BCUT2D eigenvalue weighted by atomic mass is 10.2. The molecule has 0 aliphatic rings. The van der Waals surface area contributed by atoms with Gasteiger partial charge in [-0.05, 0) is 49.7 Å². The average Bonchev–Trinajstić information content (AvgIpc) is 2.52. The Labute approximate surface area is 158 Å². The lowest BCUT2D eigenvalue weighted by Gasteiger charge is -2.12. The number of aromatic carboxylic acids is 1. The van der Waals surface area contributed by atoms with Crippen molar-refractivity contribution in [2.75, 3.05) is 0 Å². The number of ether oxygens (including phenoxy) is 1. The highest BCUT2D eigenvalue weighted by Crippen LogP contribution is 2.22. The van der Waals surface area contributed by atoms with Crippen molar-refractivity contribution in [3.05, 3.63) is 56.8 Å². The number of aromatic nitrogens is 1. The molecule has 2 aromatic rings. The smallest absolute Gasteiger partial charge is 0.356 e. The number of aryl methyl sites for hydroxylation is 1. The molecule has 0 saturated carbocycles. The minimum Gasteiger partial charge on any atom is -0.479 e. The van der Waals surface area contributed by atoms with Crippen LogP contribution in [0.3, 0.4) is 0 Å². The molecule has 2 rings (SSSR count). The number of pyridine rings is 1. The SMILES string of the molecule is Cc1cc(Cl)ccc1O[C@H](C)C(=O)O.O=C(O)c1nc(Cl)ccc1Cl. The van der Waals surface area contributed by atoms with E-state index in [9.17, 15) is 9.59 Å². The molecule has 0 saturated heterocycles. The van der Waals surface area contributed by atoms with Crippen molar-refractivity contribution in [3.8, 4) is 5.75 Å². The van der Waals surface area contributed by atoms with Gasteiger partial charge in [-0.3, -0.25) is 0 Å². The molecule has 1 heterocycles. The summed E-state index contributed by atoms with van der Waals surface area (Å²) >= 11 is 16.7. The Morgan fingerprint density at radius 3 is 2.24 bits per heavy atom. The van der Waals surface area contributed by atoms with Crippen molar-refractivity contribution < 1.29 is 24.5 Å². The largest absolute Gasteiger partial charge is 0.479 e. The quantitative estimate of drug-likeness (QED) is 0.721. The molecular formula is C16H14Cl3NO5. The molecule has 1 atom stereocenters. The van der Waals surface area contributed by atoms with E-state index in [2.05, 4.69) is 4.98 Å². The van der Waals surface area contributed by atoms with Gasteiger partial charge in [0, 0.05) is 5.02 Å². The van der Waals surface area contributed by atoms with E-state index in [0.717, 1.165) is 5.56 Å². The third kappa shape index (κ3) is 6.78. The number of benzene rings is 1. The summed E-state index contributed by atoms with van der Waals surface area (Å²) in [6.45, 7) is 3.30. The fourth-order valence-corrected chi connectivity index (χ4v) is 2.11. The molecule has 1 aromatic carbocycles. The molecule has 0 fully saturated rings. The Balaban J connectivity index is 0.000000257. The first-order valence-corrected chi connectivity index (χ1v) is 7.96. The Morgan fingerprint density at radius 1 is 1.12 bits per heavy atom. The molecule has 0 aliphatic heterocycles. The average molecular weight is 407 g/mol. The molecule has 0 bridgehead atoms. The summed E-state index contributed by atoms with van der Waals surface area (Å²) in [5.41, 5.74) is 0.602. The second kappa shape index (κ2) is 9.46. The Morgan fingerprint density at radius 2 is 1.76 bits per heavy atom. The lowest BCUT2D eigenvalue weighted by molar-refractivity contribution is -0.144. The van der Waals surface area contributed by atoms with Crippen LogP contribution in [0.1, 0.15) is 23.0 Å². The van der Waals surface area contributed by atoms with E-state index in [1.807, 2.05) is 6.92 Å². The highest BCUT2D eigenvalue weighted by molar-refractivity contribution is 6.34. The molecule has 0 spiro atoms. The number of halogens is 3. The number of hydrogen-bond acceptors (Lipinski definition) is 4. The van der Waals surface area contributed by atoms with Crippen LogP contribution in [0.2, 0.25) is 15.2 Å². The number of carbonyl (C=O) groups is 2. The van der Waals surface area contributed by atoms with E-state index in [1.54, 1.807) is 18.2 Å². The molecule has 0 unspecified atom stereocenters. The summed E-state index contributed by atoms with van der Waals surface area (Å²) in [4.78, 5) is 24.4. The van der Waals surface area contributed by atoms with Crippen molar-refractivity contribution in [2.45, 2.75) is 20.0 Å². The number of hydrogen-bond donors (Lipinski definition) is 2. The predicted octanol–water partition coefficient (Wildman–Crippen LogP) is 4.59. The Hall–Kier alpha value is -2.02. The Kier molecular flexibility index (Phi) is 7.96. The van der Waals surface area contributed by atoms with Crippen molar-refractivity contribution in [3.63, 3.8) is 0 Å². The van der Waals surface area contributed by atoms with E-state index in [1.165, 1.54) is 19.1 Å². The fourth-order valence-electron chi connectivity index (χ4n) is 1.55. The van der Waals surface area contributed by atoms with E-state index in [0.29, 0.717) is 10.8 Å². The van der Waals surface area contributed by atoms with Gasteiger partial charge in [-0.2, -0.15) is 0 Å². The van der Waals surface area contributed by atoms with Gasteiger partial charge in [-0.25, -0.2) is 14.6 Å². The summed E-state index contributed by atoms with van der Waals surface area (Å²) in [7, 11) is 0. The fraction of sp³-hybridized carbons (Fsp3) is 0.188. The van der Waals surface area contributed by atoms with Crippen LogP contribution >= 0.6 is 34.8 Å². The van der Waals surface area contributed by atoms with Crippen LogP contribution in [-0.2, 0) is 4.79 Å². The Bertz CT molecular complexity index is 782. The van der Waals surface area contributed by atoms with Crippen molar-refractivity contribution in [2.24, 2.45) is 0 Å². The van der Waals surface area contributed by atoms with E-state index in [4.69, 9.17) is 49.8 Å². The van der Waals surface area contributed by atoms with Gasteiger partial charge in [-0.1, -0.05) is 34.8 Å². The topological polar surface area (TPSA) is 96.7 Å². The number of carboxylic acids is 2. The zero-order valence-electron chi connectivity index (χ0n) is 13.2. The highest BCUT2D eigenvalue weighted by Gasteiger charge is 2.13. The normalized spacial score (nSPS) is 11.1. The summed E-state index contributed by atoms with van der Waals surface area (Å²) in [5, 5.41) is 17.9. The van der Waals surface area contributed by atoms with E-state index >= 15 is 0 Å². The number of aliphatic carboxylic acids is 1. The van der Waals surface area contributed by atoms with Crippen molar-refractivity contribution in [1.82, 2.24) is 4.98 Å². The van der Waals surface area contributed by atoms with Crippen LogP contribution < -0.4 is 4.74 Å². The van der Waals surface area contributed by atoms with Gasteiger partial charge in [0.1, 0.15) is 10.9 Å². The molecule has 0 amide bonds. The van der Waals surface area contributed by atoms with Crippen LogP contribution in [0.25, 0.3) is 0 Å². The standard InChI is InChI=1S/C10H11ClO3.C6H3Cl2NO2/c1-6-5-8(11)3-4-9(6)14-7(2)10(12)13;7-3-1-2-4(8)9-5(3)6(10)11/h3-5,7H,1-2H3,(H,12,13);1-2H,(H,10,11)/t7-;/m1./s1. The van der Waals surface area contributed by atoms with Crippen LogP contribution in [0, 0.1) is 6.92 Å². The molecule has 9 heteroatoms. The number of rotatable bonds is 4. The molecular weight excluding hydrogens is 393 g/mol. The lowest BCUT2D eigenvalue weighted by Crippen LogP contribution is -2.23. The predicted molar refractivity (Wildman–Crippen MR) is 95.1 cm³/mol. The highest BCUT2D eigenvalue weighted by atomic mass is 35.5. The van der Waals surface area contributed by atoms with Crippen LogP contribution in [0.15, 0.2) is 30.3 Å². The molecule has 1 aromatic heterocycles. The summed E-state index contributed by atoms with van der Waals surface area (Å²) < 4.78 is 5.20. The summed E-state index contributed by atoms with van der Waals surface area (Å²) in [6.07, 6.45) is -0.852. The van der Waals surface area contributed by atoms with Crippen LogP contribution in [0.5, 0.6) is 5.75 Å². The zero-order chi connectivity index (χ0) is 19.1. The zero-order valence-corrected chi connectivity index (χ0v) is 15.4. The maximum atomic E-state index is 10.5. The second-order valence-electron chi connectivity index (χ2n) is 4.78. The third-order valence-electron chi connectivity index (χ3n) is 2.80. The first-order valence-electron chi connectivity index (χ1n) is 6.82. The minimum absolute atomic E-state index is 0.0851. The van der Waals surface area contributed by atoms with Crippen LogP contribution in [0.4, 0.5) is 0 Å². The number of nitrogens with zero attached hydrogens (tertiary/aromatic N) is 1. The van der Waals surface area contributed by atoms with Gasteiger partial charge in [0.25, 0.3) is 0 Å². The van der Waals surface area contributed by atoms with Gasteiger partial charge >= 0.3 is 11.9 Å². The monoisotopic (exact) mass is 405 g/mol. The van der Waals surface area contributed by atoms with E-state index in [-0.39, 0.29) is 15.9 Å².